The van der Waals surface area contributed by atoms with Crippen LogP contribution in [-0.4, -0.2) is 56.0 Å². The van der Waals surface area contributed by atoms with E-state index in [-0.39, 0.29) is 0 Å². The molecule has 0 saturated carbocycles. The summed E-state index contributed by atoms with van der Waals surface area (Å²) in [7, 11) is 0. The van der Waals surface area contributed by atoms with Gasteiger partial charge in [-0.2, -0.15) is 12.6 Å². The van der Waals surface area contributed by atoms with E-state index in [4.69, 9.17) is 15.3 Å². The molecule has 6 heteroatoms. The Labute approximate surface area is 81.3 Å². The quantitative estimate of drug-likeness (QED) is 0.279. The van der Waals surface area contributed by atoms with Crippen LogP contribution < -0.4 is 0 Å². The molecule has 72 valence electrons. The van der Waals surface area contributed by atoms with Gasteiger partial charge >= 0.3 is 0 Å². The van der Waals surface area contributed by atoms with E-state index in [1.54, 1.807) is 0 Å². The number of rotatable bonds is 5. The number of aliphatic hydroxyl groups is 4. The molecule has 4 atom stereocenters. The van der Waals surface area contributed by atoms with Gasteiger partial charge in [-0.05, 0) is 5.37 Å². The van der Waals surface area contributed by atoms with E-state index < -0.39 is 30.2 Å². The molecule has 0 radical (unpaired) electrons. The van der Waals surface area contributed by atoms with Crippen molar-refractivity contribution in [2.75, 3.05) is 6.61 Å². The molecule has 0 aliphatic rings. The summed E-state index contributed by atoms with van der Waals surface area (Å²) < 4.78 is 0. The molecule has 0 rings (SSSR count). The van der Waals surface area contributed by atoms with Gasteiger partial charge in [0.15, 0.2) is 0 Å². The topological polar surface area (TPSA) is 80.9 Å². The maximum atomic E-state index is 9.19. The lowest BCUT2D eigenvalue weighted by Crippen LogP contribution is -2.44. The summed E-state index contributed by atoms with van der Waals surface area (Å²) in [5.74, 6) is 0. The first-order valence-electron chi connectivity index (χ1n) is 3.33. The van der Waals surface area contributed by atoms with Crippen LogP contribution in [0.5, 0.6) is 0 Å². The summed E-state index contributed by atoms with van der Waals surface area (Å²) in [6, 6.07) is 0. The first kappa shape index (κ1) is 12.3. The third-order valence-electron chi connectivity index (χ3n) is 1.42. The molecule has 0 aromatic rings. The van der Waals surface area contributed by atoms with E-state index in [1.165, 1.54) is 5.37 Å². The molecule has 0 aromatic carbocycles. The van der Waals surface area contributed by atoms with Gasteiger partial charge in [-0.15, -0.1) is 0 Å². The fourth-order valence-corrected chi connectivity index (χ4v) is 0.955. The normalized spacial score (nSPS) is 21.1. The van der Waals surface area contributed by atoms with Crippen molar-refractivity contribution >= 4 is 30.2 Å². The van der Waals surface area contributed by atoms with Crippen LogP contribution in [0, 0.1) is 0 Å². The maximum absolute atomic E-state index is 9.19. The Morgan fingerprint density at radius 2 is 1.75 bits per heavy atom. The molecule has 0 amide bonds. The van der Waals surface area contributed by atoms with Crippen LogP contribution in [0.15, 0.2) is 0 Å². The van der Waals surface area contributed by atoms with Crippen molar-refractivity contribution in [3.05, 3.63) is 0 Å². The molecule has 4 N–H and O–H groups in total. The second-order valence-corrected chi connectivity index (χ2v) is 3.23. The Balaban J connectivity index is 4.07. The van der Waals surface area contributed by atoms with Crippen LogP contribution in [0.4, 0.5) is 0 Å². The van der Waals surface area contributed by atoms with Gasteiger partial charge in [-0.3, -0.25) is 0 Å². The van der Waals surface area contributed by atoms with Crippen molar-refractivity contribution in [2.45, 2.75) is 23.6 Å². The van der Waals surface area contributed by atoms with Crippen LogP contribution >= 0.6 is 24.8 Å². The van der Waals surface area contributed by atoms with E-state index in [0.29, 0.717) is 0 Å². The highest BCUT2D eigenvalue weighted by molar-refractivity contribution is 7.85. The van der Waals surface area contributed by atoms with Gasteiger partial charge in [0.25, 0.3) is 0 Å². The Morgan fingerprint density at radius 3 is 2.08 bits per heavy atom. The number of aliphatic hydroxyl groups excluding tert-OH is 4. The van der Waals surface area contributed by atoms with E-state index in [0.717, 1.165) is 0 Å². The second kappa shape index (κ2) is 5.85. The summed E-state index contributed by atoms with van der Waals surface area (Å²) in [6.07, 6.45) is -4.07. The van der Waals surface area contributed by atoms with Crippen molar-refractivity contribution in [3.8, 4) is 0 Å². The second-order valence-electron chi connectivity index (χ2n) is 2.36. The third kappa shape index (κ3) is 3.34. The highest BCUT2D eigenvalue weighted by atomic mass is 32.1. The van der Waals surface area contributed by atoms with E-state index in [2.05, 4.69) is 24.8 Å². The first-order chi connectivity index (χ1) is 5.54. The summed E-state index contributed by atoms with van der Waals surface area (Å²) in [5.41, 5.74) is 0. The molecular formula is C6H12O4S2. The molecule has 0 aliphatic carbocycles. The van der Waals surface area contributed by atoms with Crippen LogP contribution in [0.1, 0.15) is 0 Å². The lowest BCUT2D eigenvalue weighted by molar-refractivity contribution is -0.0714. The van der Waals surface area contributed by atoms with Gasteiger partial charge in [0.2, 0.25) is 0 Å². The lowest BCUT2D eigenvalue weighted by atomic mass is 10.1. The average molecular weight is 212 g/mol. The summed E-state index contributed by atoms with van der Waals surface area (Å²) >= 11 is 8.31. The summed E-state index contributed by atoms with van der Waals surface area (Å²) in [5, 5.41) is 36.1. The van der Waals surface area contributed by atoms with E-state index in [1.807, 2.05) is 0 Å². The third-order valence-corrected chi connectivity index (χ3v) is 2.37. The molecule has 0 spiro atoms. The molecule has 0 saturated heterocycles. The predicted molar refractivity (Wildman–Crippen MR) is 51.5 cm³/mol. The summed E-state index contributed by atoms with van der Waals surface area (Å²) in [6.45, 7) is -0.615. The minimum atomic E-state index is -1.43. The van der Waals surface area contributed by atoms with Gasteiger partial charge in [0, 0.05) is 0 Å². The molecule has 0 aliphatic heterocycles. The fourth-order valence-electron chi connectivity index (χ4n) is 0.618. The Kier molecular flexibility index (Phi) is 5.98. The van der Waals surface area contributed by atoms with Gasteiger partial charge in [0.1, 0.15) is 12.2 Å². The van der Waals surface area contributed by atoms with Gasteiger partial charge < -0.3 is 20.4 Å². The number of hydrogen-bond donors (Lipinski definition) is 5. The van der Waals surface area contributed by atoms with Crippen molar-refractivity contribution in [1.82, 2.24) is 0 Å². The zero-order valence-electron chi connectivity index (χ0n) is 6.24. The van der Waals surface area contributed by atoms with Crippen molar-refractivity contribution in [3.63, 3.8) is 0 Å². The standard InChI is InChI=1S/C6H12O4S2/c7-1-3(8)5(9)6(10)4(12)2-11/h2-10,12H,1H2/t3-,4+,5-,6-/m1/s1. The largest absolute Gasteiger partial charge is 0.394 e. The highest BCUT2D eigenvalue weighted by Crippen LogP contribution is 2.08. The molecule has 0 fully saturated rings. The molecule has 0 aromatic heterocycles. The molecule has 12 heavy (non-hydrogen) atoms. The average Bonchev–Trinajstić information content (AvgIpc) is 2.12. The molecular weight excluding hydrogens is 200 g/mol. The van der Waals surface area contributed by atoms with Gasteiger partial charge in [-0.25, -0.2) is 0 Å². The van der Waals surface area contributed by atoms with Crippen molar-refractivity contribution in [1.29, 1.82) is 0 Å². The number of hydrogen-bond acceptors (Lipinski definition) is 6. The van der Waals surface area contributed by atoms with Crippen molar-refractivity contribution in [2.24, 2.45) is 0 Å². The van der Waals surface area contributed by atoms with Crippen LogP contribution in [-0.2, 0) is 0 Å². The fraction of sp³-hybridized carbons (Fsp3) is 0.833. The van der Waals surface area contributed by atoms with E-state index in [9.17, 15) is 5.11 Å². The highest BCUT2D eigenvalue weighted by Gasteiger charge is 2.27. The maximum Gasteiger partial charge on any atom is 0.109 e. The van der Waals surface area contributed by atoms with Gasteiger partial charge in [-0.1, -0.05) is 12.2 Å². The smallest absolute Gasteiger partial charge is 0.109 e. The monoisotopic (exact) mass is 212 g/mol. The van der Waals surface area contributed by atoms with Crippen molar-refractivity contribution < 1.29 is 20.4 Å². The Hall–Kier alpha value is 0.280. The van der Waals surface area contributed by atoms with Crippen LogP contribution in [0.2, 0.25) is 0 Å². The van der Waals surface area contributed by atoms with Gasteiger partial charge in [0.05, 0.1) is 18.0 Å². The molecule has 0 unspecified atom stereocenters. The minimum Gasteiger partial charge on any atom is -0.394 e. The van der Waals surface area contributed by atoms with Crippen LogP contribution in [0.3, 0.4) is 0 Å². The zero-order valence-corrected chi connectivity index (χ0v) is 7.95. The Bertz CT molecular complexity index is 144. The minimum absolute atomic E-state index is 0.615. The number of thiol groups is 1. The molecule has 4 nitrogen and oxygen atoms in total. The SMILES string of the molecule is OC[C@@H](O)[C@@H](O)[C@H](O)[C@@H](S)C=S. The predicted octanol–water partition coefficient (Wildman–Crippen LogP) is -1.64. The zero-order chi connectivity index (χ0) is 9.72. The van der Waals surface area contributed by atoms with E-state index >= 15 is 0 Å². The number of thiocarbonyl (C=S) groups is 1. The Morgan fingerprint density at radius 1 is 1.25 bits per heavy atom. The molecule has 0 heterocycles. The first-order valence-corrected chi connectivity index (χ1v) is 4.31. The van der Waals surface area contributed by atoms with Crippen LogP contribution in [0.25, 0.3) is 0 Å². The molecule has 0 bridgehead atoms. The lowest BCUT2D eigenvalue weighted by Gasteiger charge is -2.23. The summed E-state index contributed by atoms with van der Waals surface area (Å²) in [4.78, 5) is 0.